The zero-order chi connectivity index (χ0) is 17.4. The summed E-state index contributed by atoms with van der Waals surface area (Å²) in [5.74, 6) is 0.513. The summed E-state index contributed by atoms with van der Waals surface area (Å²) in [6, 6.07) is 5.15. The number of hydrogen-bond acceptors (Lipinski definition) is 4. The van der Waals surface area contributed by atoms with Gasteiger partial charge in [0.25, 0.3) is 0 Å². The number of urea groups is 1. The Morgan fingerprint density at radius 3 is 3.04 bits per heavy atom. The van der Waals surface area contributed by atoms with Gasteiger partial charge in [0.1, 0.15) is 0 Å². The lowest BCUT2D eigenvalue weighted by Gasteiger charge is -2.33. The maximum absolute atomic E-state index is 12.6. The molecule has 0 unspecified atom stereocenters. The second-order valence-electron chi connectivity index (χ2n) is 5.62. The van der Waals surface area contributed by atoms with Crippen LogP contribution in [0.4, 0.5) is 10.5 Å². The SMILES string of the molecule is CCCOc1c(Cl)cccc1NC(=O)N1CCO[C@H](CCOC)C1. The van der Waals surface area contributed by atoms with E-state index in [4.69, 9.17) is 25.8 Å². The minimum absolute atomic E-state index is 0.000349. The molecule has 1 aliphatic rings. The van der Waals surface area contributed by atoms with Gasteiger partial charge in [0.2, 0.25) is 0 Å². The summed E-state index contributed by atoms with van der Waals surface area (Å²) in [6.07, 6.45) is 1.63. The first-order valence-corrected chi connectivity index (χ1v) is 8.61. The van der Waals surface area contributed by atoms with Crippen LogP contribution in [0.1, 0.15) is 19.8 Å². The Bertz CT molecular complexity index is 541. The molecule has 0 aromatic heterocycles. The molecular formula is C17H25ClN2O4. The second kappa shape index (κ2) is 9.71. The van der Waals surface area contributed by atoms with Crippen LogP contribution in [0.15, 0.2) is 18.2 Å². The number of carbonyl (C=O) groups excluding carboxylic acids is 1. The summed E-state index contributed by atoms with van der Waals surface area (Å²) in [6.45, 7) is 4.80. The highest BCUT2D eigenvalue weighted by atomic mass is 35.5. The van der Waals surface area contributed by atoms with E-state index in [2.05, 4.69) is 5.32 Å². The molecule has 0 spiro atoms. The van der Waals surface area contributed by atoms with Gasteiger partial charge in [0, 0.05) is 26.8 Å². The van der Waals surface area contributed by atoms with Crippen LogP contribution < -0.4 is 10.1 Å². The van der Waals surface area contributed by atoms with Crippen molar-refractivity contribution in [3.8, 4) is 5.75 Å². The topological polar surface area (TPSA) is 60.0 Å². The van der Waals surface area contributed by atoms with Crippen LogP contribution in [0.5, 0.6) is 5.75 Å². The van der Waals surface area contributed by atoms with Gasteiger partial charge in [-0.3, -0.25) is 0 Å². The summed E-state index contributed by atoms with van der Waals surface area (Å²) in [4.78, 5) is 14.3. The smallest absolute Gasteiger partial charge is 0.322 e. The van der Waals surface area contributed by atoms with Crippen molar-refractivity contribution in [3.05, 3.63) is 23.2 Å². The lowest BCUT2D eigenvalue weighted by molar-refractivity contribution is -0.0260. The molecule has 1 atom stereocenters. The highest BCUT2D eigenvalue weighted by Crippen LogP contribution is 2.33. The molecule has 1 aromatic carbocycles. The Morgan fingerprint density at radius 1 is 1.46 bits per heavy atom. The molecule has 1 saturated heterocycles. The normalized spacial score (nSPS) is 17.6. The van der Waals surface area contributed by atoms with Crippen molar-refractivity contribution in [2.45, 2.75) is 25.9 Å². The number of ether oxygens (including phenoxy) is 3. The Labute approximate surface area is 148 Å². The van der Waals surface area contributed by atoms with Gasteiger partial charge in [-0.1, -0.05) is 24.6 Å². The molecule has 1 aliphatic heterocycles. The summed E-state index contributed by atoms with van der Waals surface area (Å²) in [5.41, 5.74) is 0.584. The molecule has 7 heteroatoms. The molecule has 2 rings (SSSR count). The molecule has 1 aromatic rings. The molecule has 0 radical (unpaired) electrons. The Balaban J connectivity index is 2.00. The summed E-state index contributed by atoms with van der Waals surface area (Å²) in [7, 11) is 1.66. The van der Waals surface area contributed by atoms with Gasteiger partial charge in [0.15, 0.2) is 5.75 Å². The molecular weight excluding hydrogens is 332 g/mol. The number of nitrogens with one attached hydrogen (secondary N) is 1. The van der Waals surface area contributed by atoms with Gasteiger partial charge in [-0.05, 0) is 25.0 Å². The van der Waals surface area contributed by atoms with E-state index in [1.165, 1.54) is 0 Å². The van der Waals surface area contributed by atoms with E-state index in [1.54, 1.807) is 30.2 Å². The first-order valence-electron chi connectivity index (χ1n) is 8.23. The van der Waals surface area contributed by atoms with E-state index < -0.39 is 0 Å². The standard InChI is InChI=1S/C17H25ClN2O4/c1-3-9-24-16-14(18)5-4-6-15(16)19-17(21)20-8-11-23-13(12-20)7-10-22-2/h4-6,13H,3,7-12H2,1-2H3,(H,19,21)/t13-/m1/s1. The predicted molar refractivity (Wildman–Crippen MR) is 94.1 cm³/mol. The lowest BCUT2D eigenvalue weighted by atomic mass is 10.2. The van der Waals surface area contributed by atoms with Gasteiger partial charge in [-0.2, -0.15) is 0 Å². The lowest BCUT2D eigenvalue weighted by Crippen LogP contribution is -2.47. The average molecular weight is 357 g/mol. The number of morpholine rings is 1. The monoisotopic (exact) mass is 356 g/mol. The zero-order valence-corrected chi connectivity index (χ0v) is 15.0. The fraction of sp³-hybridized carbons (Fsp3) is 0.588. The van der Waals surface area contributed by atoms with Crippen LogP contribution in [0.25, 0.3) is 0 Å². The minimum atomic E-state index is -0.177. The van der Waals surface area contributed by atoms with Gasteiger partial charge in [-0.25, -0.2) is 4.79 Å². The molecule has 2 amide bonds. The van der Waals surface area contributed by atoms with E-state index >= 15 is 0 Å². The fourth-order valence-electron chi connectivity index (χ4n) is 2.48. The molecule has 6 nitrogen and oxygen atoms in total. The maximum Gasteiger partial charge on any atom is 0.322 e. The molecule has 24 heavy (non-hydrogen) atoms. The molecule has 1 fully saturated rings. The van der Waals surface area contributed by atoms with Gasteiger partial charge in [0.05, 0.1) is 30.0 Å². The van der Waals surface area contributed by atoms with Gasteiger partial charge >= 0.3 is 6.03 Å². The van der Waals surface area contributed by atoms with E-state index in [9.17, 15) is 4.79 Å². The minimum Gasteiger partial charge on any atom is -0.490 e. The van der Waals surface area contributed by atoms with E-state index in [1.807, 2.05) is 6.92 Å². The number of rotatable bonds is 7. The fourth-order valence-corrected chi connectivity index (χ4v) is 2.71. The Kier molecular flexibility index (Phi) is 7.62. The highest BCUT2D eigenvalue weighted by Gasteiger charge is 2.25. The number of amides is 2. The summed E-state index contributed by atoms with van der Waals surface area (Å²) in [5, 5.41) is 3.38. The first-order chi connectivity index (χ1) is 11.7. The highest BCUT2D eigenvalue weighted by molar-refractivity contribution is 6.32. The van der Waals surface area contributed by atoms with Crippen molar-refractivity contribution >= 4 is 23.3 Å². The van der Waals surface area contributed by atoms with E-state index in [0.29, 0.717) is 49.4 Å². The second-order valence-corrected chi connectivity index (χ2v) is 6.02. The predicted octanol–water partition coefficient (Wildman–Crippen LogP) is 3.40. The third-order valence-electron chi connectivity index (χ3n) is 3.73. The van der Waals surface area contributed by atoms with Crippen LogP contribution in [0.2, 0.25) is 5.02 Å². The molecule has 0 bridgehead atoms. The van der Waals surface area contributed by atoms with Crippen LogP contribution in [-0.2, 0) is 9.47 Å². The van der Waals surface area contributed by atoms with Crippen molar-refractivity contribution in [1.82, 2.24) is 4.90 Å². The van der Waals surface area contributed by atoms with Crippen LogP contribution in [-0.4, -0.2) is 57.1 Å². The number of anilines is 1. The molecule has 1 heterocycles. The number of carbonyl (C=O) groups is 1. The van der Waals surface area contributed by atoms with Crippen LogP contribution in [0, 0.1) is 0 Å². The number of benzene rings is 1. The zero-order valence-electron chi connectivity index (χ0n) is 14.2. The largest absolute Gasteiger partial charge is 0.490 e. The third-order valence-corrected chi connectivity index (χ3v) is 4.03. The van der Waals surface area contributed by atoms with E-state index in [-0.39, 0.29) is 12.1 Å². The molecule has 0 saturated carbocycles. The molecule has 134 valence electrons. The molecule has 0 aliphatic carbocycles. The number of halogens is 1. The third kappa shape index (κ3) is 5.26. The van der Waals surface area contributed by atoms with Crippen molar-refractivity contribution in [2.24, 2.45) is 0 Å². The van der Waals surface area contributed by atoms with Crippen LogP contribution >= 0.6 is 11.6 Å². The number of nitrogens with zero attached hydrogens (tertiary/aromatic N) is 1. The number of methoxy groups -OCH3 is 1. The van der Waals surface area contributed by atoms with Crippen molar-refractivity contribution in [3.63, 3.8) is 0 Å². The Hall–Kier alpha value is -1.50. The van der Waals surface area contributed by atoms with Crippen molar-refractivity contribution in [1.29, 1.82) is 0 Å². The first kappa shape index (κ1) is 18.8. The van der Waals surface area contributed by atoms with Crippen LogP contribution in [0.3, 0.4) is 0 Å². The van der Waals surface area contributed by atoms with Crippen molar-refractivity contribution in [2.75, 3.05) is 45.3 Å². The Morgan fingerprint density at radius 2 is 2.29 bits per heavy atom. The summed E-state index contributed by atoms with van der Waals surface area (Å²) >= 11 is 6.19. The van der Waals surface area contributed by atoms with E-state index in [0.717, 1.165) is 12.8 Å². The summed E-state index contributed by atoms with van der Waals surface area (Å²) < 4.78 is 16.4. The average Bonchev–Trinajstić information content (AvgIpc) is 2.59. The van der Waals surface area contributed by atoms with Crippen molar-refractivity contribution < 1.29 is 19.0 Å². The van der Waals surface area contributed by atoms with Gasteiger partial charge in [-0.15, -0.1) is 0 Å². The number of hydrogen-bond donors (Lipinski definition) is 1. The quantitative estimate of drug-likeness (QED) is 0.813. The molecule has 1 N–H and O–H groups in total. The van der Waals surface area contributed by atoms with Gasteiger partial charge < -0.3 is 24.4 Å². The number of para-hydroxylation sites is 1. The maximum atomic E-state index is 12.6.